The Morgan fingerprint density at radius 3 is 2.63 bits per heavy atom. The largest absolute Gasteiger partial charge is 0.336 e. The summed E-state index contributed by atoms with van der Waals surface area (Å²) in [6, 6.07) is 9.32. The van der Waals surface area contributed by atoms with Gasteiger partial charge in [0.05, 0.1) is 35.1 Å². The van der Waals surface area contributed by atoms with Crippen LogP contribution >= 0.6 is 0 Å². The Hall–Kier alpha value is -3.01. The molecular weight excluding hydrogens is 404 g/mol. The Labute approximate surface area is 175 Å². The highest BCUT2D eigenvalue weighted by molar-refractivity contribution is 7.91. The highest BCUT2D eigenvalue weighted by atomic mass is 32.2. The normalized spacial score (nSPS) is 17.9. The molecule has 1 aliphatic rings. The molecule has 1 fully saturated rings. The van der Waals surface area contributed by atoms with E-state index in [9.17, 15) is 13.2 Å². The molecule has 1 unspecified atom stereocenters. The summed E-state index contributed by atoms with van der Waals surface area (Å²) in [6.07, 6.45) is 2.18. The summed E-state index contributed by atoms with van der Waals surface area (Å²) in [5.41, 5.74) is 3.69. The van der Waals surface area contributed by atoms with Crippen LogP contribution in [-0.2, 0) is 16.4 Å². The zero-order valence-corrected chi connectivity index (χ0v) is 18.0. The molecule has 0 radical (unpaired) electrons. The van der Waals surface area contributed by atoms with Crippen LogP contribution in [0.1, 0.15) is 39.9 Å². The number of para-hydroxylation sites is 1. The van der Waals surface area contributed by atoms with E-state index in [0.29, 0.717) is 13.0 Å². The highest BCUT2D eigenvalue weighted by Crippen LogP contribution is 2.27. The van der Waals surface area contributed by atoms with Crippen LogP contribution < -0.4 is 0 Å². The summed E-state index contributed by atoms with van der Waals surface area (Å²) in [7, 11) is -1.29. The van der Waals surface area contributed by atoms with Gasteiger partial charge < -0.3 is 4.90 Å². The summed E-state index contributed by atoms with van der Waals surface area (Å²) < 4.78 is 27.0. The maximum absolute atomic E-state index is 12.9. The minimum atomic E-state index is -3.00. The molecule has 0 spiro atoms. The second kappa shape index (κ2) is 7.67. The molecule has 0 saturated carbocycles. The number of benzene rings is 1. The zero-order valence-electron chi connectivity index (χ0n) is 17.2. The van der Waals surface area contributed by atoms with E-state index in [0.717, 1.165) is 22.6 Å². The van der Waals surface area contributed by atoms with Crippen LogP contribution in [0.5, 0.6) is 0 Å². The number of aromatic nitrogens is 5. The lowest BCUT2D eigenvalue weighted by Gasteiger charge is -2.17. The van der Waals surface area contributed by atoms with Gasteiger partial charge in [-0.15, -0.1) is 5.10 Å². The van der Waals surface area contributed by atoms with Crippen LogP contribution in [-0.4, -0.2) is 62.6 Å². The third kappa shape index (κ3) is 3.87. The minimum Gasteiger partial charge on any atom is -0.336 e. The van der Waals surface area contributed by atoms with Crippen molar-refractivity contribution in [3.63, 3.8) is 0 Å². The molecule has 158 valence electrons. The molecule has 1 aliphatic heterocycles. The molecule has 9 nitrogen and oxygen atoms in total. The zero-order chi connectivity index (χ0) is 21.5. The van der Waals surface area contributed by atoms with Crippen molar-refractivity contribution < 1.29 is 13.2 Å². The fourth-order valence-corrected chi connectivity index (χ4v) is 5.51. The first kappa shape index (κ1) is 20.3. The van der Waals surface area contributed by atoms with E-state index in [4.69, 9.17) is 0 Å². The summed E-state index contributed by atoms with van der Waals surface area (Å²) in [4.78, 5) is 14.4. The SMILES string of the molecule is Cc1nn(C2CCS(=O)(=O)C2)c(C)c1CN(C)C(=O)c1cn(-c2ccccc2)nn1. The summed E-state index contributed by atoms with van der Waals surface area (Å²) in [6.45, 7) is 4.16. The first-order valence-electron chi connectivity index (χ1n) is 9.73. The number of hydrogen-bond donors (Lipinski definition) is 0. The van der Waals surface area contributed by atoms with E-state index in [1.165, 1.54) is 0 Å². The summed E-state index contributed by atoms with van der Waals surface area (Å²) in [5.74, 6) is 0.0687. The van der Waals surface area contributed by atoms with Crippen LogP contribution in [0.3, 0.4) is 0 Å². The average Bonchev–Trinajstić information content (AvgIpc) is 3.42. The lowest BCUT2D eigenvalue weighted by molar-refractivity contribution is 0.0779. The summed E-state index contributed by atoms with van der Waals surface area (Å²) >= 11 is 0. The number of carbonyl (C=O) groups excluding carboxylic acids is 1. The van der Waals surface area contributed by atoms with Gasteiger partial charge in [0.15, 0.2) is 15.5 Å². The van der Waals surface area contributed by atoms with E-state index in [1.807, 2.05) is 44.2 Å². The van der Waals surface area contributed by atoms with Gasteiger partial charge in [-0.1, -0.05) is 23.4 Å². The Bertz CT molecular complexity index is 1180. The van der Waals surface area contributed by atoms with Crippen LogP contribution in [0.4, 0.5) is 0 Å². The van der Waals surface area contributed by atoms with Gasteiger partial charge in [0.1, 0.15) is 0 Å². The Balaban J connectivity index is 1.51. The third-order valence-corrected chi connectivity index (χ3v) is 7.25. The van der Waals surface area contributed by atoms with Crippen molar-refractivity contribution in [3.8, 4) is 5.69 Å². The Kier molecular flexibility index (Phi) is 5.19. The van der Waals surface area contributed by atoms with Gasteiger partial charge in [0.2, 0.25) is 0 Å². The first-order valence-corrected chi connectivity index (χ1v) is 11.6. The van der Waals surface area contributed by atoms with Crippen molar-refractivity contribution >= 4 is 15.7 Å². The van der Waals surface area contributed by atoms with Gasteiger partial charge >= 0.3 is 0 Å². The smallest absolute Gasteiger partial charge is 0.276 e. The molecule has 1 amide bonds. The molecule has 1 atom stereocenters. The molecule has 0 N–H and O–H groups in total. The Morgan fingerprint density at radius 1 is 1.23 bits per heavy atom. The number of carbonyl (C=O) groups is 1. The van der Waals surface area contributed by atoms with Gasteiger partial charge in [-0.2, -0.15) is 5.10 Å². The van der Waals surface area contributed by atoms with Gasteiger partial charge in [-0.3, -0.25) is 9.48 Å². The number of amides is 1. The average molecular weight is 429 g/mol. The molecule has 10 heteroatoms. The monoisotopic (exact) mass is 428 g/mol. The number of sulfone groups is 1. The number of aryl methyl sites for hydroxylation is 1. The topological polar surface area (TPSA) is 103 Å². The van der Waals surface area contributed by atoms with E-state index in [2.05, 4.69) is 15.4 Å². The molecule has 0 bridgehead atoms. The summed E-state index contributed by atoms with van der Waals surface area (Å²) in [5, 5.41) is 12.6. The lowest BCUT2D eigenvalue weighted by atomic mass is 10.1. The molecule has 2 aromatic heterocycles. The third-order valence-electron chi connectivity index (χ3n) is 5.50. The minimum absolute atomic E-state index is 0.117. The van der Waals surface area contributed by atoms with Crippen molar-refractivity contribution in [1.82, 2.24) is 29.7 Å². The second-order valence-electron chi connectivity index (χ2n) is 7.70. The van der Waals surface area contributed by atoms with E-state index in [-0.39, 0.29) is 29.1 Å². The van der Waals surface area contributed by atoms with Crippen molar-refractivity contribution in [3.05, 3.63) is 59.2 Å². The molecule has 4 rings (SSSR count). The van der Waals surface area contributed by atoms with Crippen molar-refractivity contribution in [2.75, 3.05) is 18.6 Å². The fraction of sp³-hybridized carbons (Fsp3) is 0.400. The molecule has 3 heterocycles. The quantitative estimate of drug-likeness (QED) is 0.613. The maximum Gasteiger partial charge on any atom is 0.276 e. The van der Waals surface area contributed by atoms with Crippen LogP contribution in [0, 0.1) is 13.8 Å². The van der Waals surface area contributed by atoms with Crippen molar-refractivity contribution in [1.29, 1.82) is 0 Å². The number of hydrogen-bond acceptors (Lipinski definition) is 6. The van der Waals surface area contributed by atoms with Crippen molar-refractivity contribution in [2.45, 2.75) is 32.9 Å². The Morgan fingerprint density at radius 2 is 1.97 bits per heavy atom. The van der Waals surface area contributed by atoms with Gasteiger partial charge in [0.25, 0.3) is 5.91 Å². The van der Waals surface area contributed by atoms with Crippen molar-refractivity contribution in [2.24, 2.45) is 0 Å². The molecular formula is C20H24N6O3S. The van der Waals surface area contributed by atoms with Gasteiger partial charge in [-0.25, -0.2) is 13.1 Å². The maximum atomic E-state index is 12.9. The van der Waals surface area contributed by atoms with Gasteiger partial charge in [0, 0.05) is 24.8 Å². The molecule has 3 aromatic rings. The lowest BCUT2D eigenvalue weighted by Crippen LogP contribution is -2.27. The standard InChI is InChI=1S/C20H24N6O3S/c1-14-18(15(2)26(22-14)17-9-10-30(28,29)13-17)11-24(3)20(27)19-12-25(23-21-19)16-7-5-4-6-8-16/h4-8,12,17H,9-11,13H2,1-3H3. The van der Waals surface area contributed by atoms with E-state index < -0.39 is 9.84 Å². The van der Waals surface area contributed by atoms with E-state index >= 15 is 0 Å². The number of nitrogens with zero attached hydrogens (tertiary/aromatic N) is 6. The predicted molar refractivity (Wildman–Crippen MR) is 111 cm³/mol. The molecule has 30 heavy (non-hydrogen) atoms. The molecule has 1 saturated heterocycles. The van der Waals surface area contributed by atoms with Crippen LogP contribution in [0.15, 0.2) is 36.5 Å². The number of rotatable bonds is 5. The molecule has 1 aromatic carbocycles. The van der Waals surface area contributed by atoms with E-state index in [1.54, 1.807) is 27.5 Å². The second-order valence-corrected chi connectivity index (χ2v) is 9.92. The predicted octanol–water partition coefficient (Wildman–Crippen LogP) is 1.71. The van der Waals surface area contributed by atoms with Gasteiger partial charge in [-0.05, 0) is 32.4 Å². The van der Waals surface area contributed by atoms with Crippen LogP contribution in [0.2, 0.25) is 0 Å². The fourth-order valence-electron chi connectivity index (χ4n) is 3.82. The van der Waals surface area contributed by atoms with Crippen LogP contribution in [0.25, 0.3) is 5.69 Å². The molecule has 0 aliphatic carbocycles. The highest BCUT2D eigenvalue weighted by Gasteiger charge is 2.31. The first-order chi connectivity index (χ1) is 14.2.